The van der Waals surface area contributed by atoms with Crippen LogP contribution in [0.4, 0.5) is 8.78 Å². The molecule has 158 valence electrons. The van der Waals surface area contributed by atoms with Gasteiger partial charge in [0.25, 0.3) is 0 Å². The quantitative estimate of drug-likeness (QED) is 0.578. The maximum Gasteiger partial charge on any atom is 0.227 e. The molecule has 1 unspecified atom stereocenters. The van der Waals surface area contributed by atoms with E-state index in [1.54, 1.807) is 23.7 Å². The Bertz CT molecular complexity index is 1070. The normalized spacial score (nSPS) is 12.6. The van der Waals surface area contributed by atoms with Crippen molar-refractivity contribution in [1.82, 2.24) is 15.1 Å². The van der Waals surface area contributed by atoms with Crippen molar-refractivity contribution in [3.63, 3.8) is 0 Å². The van der Waals surface area contributed by atoms with Crippen LogP contribution in [0.25, 0.3) is 5.69 Å². The molecule has 0 fully saturated rings. The average molecular weight is 432 g/mol. The van der Waals surface area contributed by atoms with Gasteiger partial charge in [0.05, 0.1) is 29.5 Å². The van der Waals surface area contributed by atoms with Gasteiger partial charge in [-0.25, -0.2) is 13.5 Å². The highest BCUT2D eigenvalue weighted by molar-refractivity contribution is 6.30. The smallest absolute Gasteiger partial charge is 0.227 e. The van der Waals surface area contributed by atoms with Crippen LogP contribution in [0.1, 0.15) is 50.6 Å². The second-order valence-electron chi connectivity index (χ2n) is 8.27. The number of carbonyl (C=O) groups is 1. The van der Waals surface area contributed by atoms with E-state index in [0.717, 1.165) is 29.2 Å². The molecule has 3 aromatic rings. The molecule has 7 heteroatoms. The van der Waals surface area contributed by atoms with E-state index < -0.39 is 17.6 Å². The maximum atomic E-state index is 14.0. The van der Waals surface area contributed by atoms with E-state index in [2.05, 4.69) is 26.1 Å². The minimum absolute atomic E-state index is 0.146. The minimum atomic E-state index is -0.768. The van der Waals surface area contributed by atoms with Crippen molar-refractivity contribution in [3.05, 3.63) is 82.1 Å². The first-order valence-corrected chi connectivity index (χ1v) is 10.0. The van der Waals surface area contributed by atoms with Gasteiger partial charge < -0.3 is 5.32 Å². The molecule has 0 spiro atoms. The molecule has 2 aromatic carbocycles. The molecule has 0 aliphatic rings. The number of benzene rings is 2. The molecular formula is C23H24ClF2N3O. The van der Waals surface area contributed by atoms with Gasteiger partial charge in [-0.2, -0.15) is 5.10 Å². The molecule has 0 saturated carbocycles. The molecule has 0 saturated heterocycles. The van der Waals surface area contributed by atoms with Crippen LogP contribution < -0.4 is 5.32 Å². The van der Waals surface area contributed by atoms with E-state index in [-0.39, 0.29) is 23.4 Å². The van der Waals surface area contributed by atoms with E-state index >= 15 is 0 Å². The highest BCUT2D eigenvalue weighted by Gasteiger charge is 2.23. The summed E-state index contributed by atoms with van der Waals surface area (Å²) in [5.41, 5.74) is 2.37. The summed E-state index contributed by atoms with van der Waals surface area (Å²) in [7, 11) is 0. The standard InChI is InChI=1S/C23H24ClF2N3O/c1-14(19-9-8-16(25)11-20(19)26)22(30)27-13-18-12-21(23(2,3)4)28-29(18)17-7-5-6-15(24)10-17/h5-12,14H,13H2,1-4H3,(H,27,30). The van der Waals surface area contributed by atoms with E-state index in [9.17, 15) is 13.6 Å². The zero-order valence-corrected chi connectivity index (χ0v) is 18.1. The summed E-state index contributed by atoms with van der Waals surface area (Å²) < 4.78 is 28.9. The van der Waals surface area contributed by atoms with Gasteiger partial charge >= 0.3 is 0 Å². The Hall–Kier alpha value is -2.73. The zero-order chi connectivity index (χ0) is 22.1. The number of nitrogens with one attached hydrogen (secondary N) is 1. The lowest BCUT2D eigenvalue weighted by Gasteiger charge is -2.14. The molecule has 1 heterocycles. The lowest BCUT2D eigenvalue weighted by Crippen LogP contribution is -2.29. The zero-order valence-electron chi connectivity index (χ0n) is 17.3. The molecule has 1 atom stereocenters. The number of rotatable bonds is 5. The average Bonchev–Trinajstić information content (AvgIpc) is 3.10. The molecule has 1 aromatic heterocycles. The second kappa shape index (κ2) is 8.56. The van der Waals surface area contributed by atoms with Crippen LogP contribution in [0.2, 0.25) is 5.02 Å². The highest BCUT2D eigenvalue weighted by Crippen LogP contribution is 2.25. The third kappa shape index (κ3) is 4.87. The summed E-state index contributed by atoms with van der Waals surface area (Å²) >= 11 is 6.13. The highest BCUT2D eigenvalue weighted by atomic mass is 35.5. The number of hydrogen-bond acceptors (Lipinski definition) is 2. The molecular weight excluding hydrogens is 408 g/mol. The summed E-state index contributed by atoms with van der Waals surface area (Å²) in [5, 5.41) is 8.12. The van der Waals surface area contributed by atoms with Crippen LogP contribution in [0.3, 0.4) is 0 Å². The molecule has 0 aliphatic carbocycles. The van der Waals surface area contributed by atoms with Gasteiger partial charge in [-0.3, -0.25) is 4.79 Å². The van der Waals surface area contributed by atoms with E-state index in [1.807, 2.05) is 18.2 Å². The van der Waals surface area contributed by atoms with Crippen molar-refractivity contribution >= 4 is 17.5 Å². The van der Waals surface area contributed by atoms with Crippen LogP contribution in [0, 0.1) is 11.6 Å². The Morgan fingerprint density at radius 3 is 2.53 bits per heavy atom. The lowest BCUT2D eigenvalue weighted by atomic mass is 9.92. The number of aromatic nitrogens is 2. The third-order valence-corrected chi connectivity index (χ3v) is 5.11. The monoisotopic (exact) mass is 431 g/mol. The fourth-order valence-electron chi connectivity index (χ4n) is 3.07. The number of nitrogens with zero attached hydrogens (tertiary/aromatic N) is 2. The molecule has 1 amide bonds. The predicted molar refractivity (Wildman–Crippen MR) is 114 cm³/mol. The molecule has 30 heavy (non-hydrogen) atoms. The van der Waals surface area contributed by atoms with Gasteiger partial charge in [-0.05, 0) is 37.3 Å². The van der Waals surface area contributed by atoms with Crippen molar-refractivity contribution in [2.24, 2.45) is 0 Å². The largest absolute Gasteiger partial charge is 0.350 e. The molecule has 0 aliphatic heterocycles. The Morgan fingerprint density at radius 1 is 1.17 bits per heavy atom. The van der Waals surface area contributed by atoms with Gasteiger partial charge in [0.15, 0.2) is 0 Å². The van der Waals surface area contributed by atoms with Gasteiger partial charge in [-0.15, -0.1) is 0 Å². The predicted octanol–water partition coefficient (Wildman–Crippen LogP) is 5.52. The summed E-state index contributed by atoms with van der Waals surface area (Å²) in [4.78, 5) is 12.6. The van der Waals surface area contributed by atoms with Crippen LogP contribution in [-0.4, -0.2) is 15.7 Å². The van der Waals surface area contributed by atoms with Crippen molar-refractivity contribution in [1.29, 1.82) is 0 Å². The number of halogens is 3. The summed E-state index contributed by atoms with van der Waals surface area (Å²) in [6.45, 7) is 7.94. The number of carbonyl (C=O) groups excluding carboxylic acids is 1. The lowest BCUT2D eigenvalue weighted by molar-refractivity contribution is -0.122. The first kappa shape index (κ1) is 22.0. The molecule has 1 N–H and O–H groups in total. The van der Waals surface area contributed by atoms with E-state index in [0.29, 0.717) is 5.02 Å². The van der Waals surface area contributed by atoms with E-state index in [1.165, 1.54) is 6.07 Å². The fourth-order valence-corrected chi connectivity index (χ4v) is 3.25. The van der Waals surface area contributed by atoms with Crippen LogP contribution in [-0.2, 0) is 16.8 Å². The van der Waals surface area contributed by atoms with Crippen molar-refractivity contribution < 1.29 is 13.6 Å². The summed E-state index contributed by atoms with van der Waals surface area (Å²) in [5.74, 6) is -2.55. The van der Waals surface area contributed by atoms with Crippen LogP contribution in [0.15, 0.2) is 48.5 Å². The molecule has 4 nitrogen and oxygen atoms in total. The van der Waals surface area contributed by atoms with Crippen LogP contribution in [0.5, 0.6) is 0 Å². The Morgan fingerprint density at radius 2 is 1.90 bits per heavy atom. The second-order valence-corrected chi connectivity index (χ2v) is 8.70. The SMILES string of the molecule is CC(C(=O)NCc1cc(C(C)(C)C)nn1-c1cccc(Cl)c1)c1ccc(F)cc1F. The minimum Gasteiger partial charge on any atom is -0.350 e. The molecule has 0 radical (unpaired) electrons. The topological polar surface area (TPSA) is 46.9 Å². The van der Waals surface area contributed by atoms with E-state index in [4.69, 9.17) is 16.7 Å². The first-order valence-electron chi connectivity index (χ1n) is 9.64. The Labute approximate surface area is 179 Å². The summed E-state index contributed by atoms with van der Waals surface area (Å²) in [6, 6.07) is 12.4. The summed E-state index contributed by atoms with van der Waals surface area (Å²) in [6.07, 6.45) is 0. The van der Waals surface area contributed by atoms with Crippen molar-refractivity contribution in [3.8, 4) is 5.69 Å². The molecule has 0 bridgehead atoms. The maximum absolute atomic E-state index is 14.0. The third-order valence-electron chi connectivity index (χ3n) is 4.87. The Balaban J connectivity index is 1.85. The van der Waals surface area contributed by atoms with Gasteiger partial charge in [0.2, 0.25) is 5.91 Å². The Kier molecular flexibility index (Phi) is 6.27. The van der Waals surface area contributed by atoms with Gasteiger partial charge in [0, 0.05) is 22.1 Å². The van der Waals surface area contributed by atoms with Crippen LogP contribution >= 0.6 is 11.6 Å². The van der Waals surface area contributed by atoms with Gasteiger partial charge in [0.1, 0.15) is 11.6 Å². The van der Waals surface area contributed by atoms with Gasteiger partial charge in [-0.1, -0.05) is 44.5 Å². The molecule has 3 rings (SSSR count). The van der Waals surface area contributed by atoms with Crippen molar-refractivity contribution in [2.75, 3.05) is 0 Å². The first-order chi connectivity index (χ1) is 14.1. The number of hydrogen-bond donors (Lipinski definition) is 1. The fraction of sp³-hybridized carbons (Fsp3) is 0.304. The number of amides is 1. The van der Waals surface area contributed by atoms with Crippen molar-refractivity contribution in [2.45, 2.75) is 45.6 Å².